The van der Waals surface area contributed by atoms with E-state index >= 15 is 0 Å². The molecule has 0 unspecified atom stereocenters. The van der Waals surface area contributed by atoms with E-state index in [1.807, 2.05) is 35.1 Å². The van der Waals surface area contributed by atoms with Crippen molar-refractivity contribution in [2.75, 3.05) is 68.3 Å². The summed E-state index contributed by atoms with van der Waals surface area (Å²) in [4.78, 5) is 19.1. The van der Waals surface area contributed by atoms with Gasteiger partial charge in [0.2, 0.25) is 0 Å². The molecule has 3 aromatic rings. The Morgan fingerprint density at radius 3 is 2.20 bits per heavy atom. The van der Waals surface area contributed by atoms with Crippen molar-refractivity contribution in [3.05, 3.63) is 89.5 Å². The molecule has 9 rings (SSSR count). The molecule has 3 aromatic carbocycles. The number of carbonyl (C=O) groups is 1. The minimum absolute atomic E-state index is 0.0162. The summed E-state index contributed by atoms with van der Waals surface area (Å²) in [6.07, 6.45) is 10.2. The van der Waals surface area contributed by atoms with Gasteiger partial charge in [0.05, 0.1) is 16.7 Å². The van der Waals surface area contributed by atoms with Crippen LogP contribution in [0.2, 0.25) is 0 Å². The third kappa shape index (κ3) is 10.7. The van der Waals surface area contributed by atoms with Crippen LogP contribution in [0.25, 0.3) is 0 Å². The quantitative estimate of drug-likeness (QED) is 0.0885. The Labute approximate surface area is 392 Å². The molecule has 3 saturated carbocycles. The van der Waals surface area contributed by atoms with E-state index in [0.29, 0.717) is 67.0 Å². The highest BCUT2D eigenvalue weighted by molar-refractivity contribution is 7.99. The topological polar surface area (TPSA) is 139 Å². The zero-order valence-corrected chi connectivity index (χ0v) is 40.7. The second-order valence-corrected chi connectivity index (χ2v) is 25.0. The predicted octanol–water partition coefficient (Wildman–Crippen LogP) is 8.73. The van der Waals surface area contributed by atoms with Crippen molar-refractivity contribution in [2.24, 2.45) is 16.2 Å². The summed E-state index contributed by atoms with van der Waals surface area (Å²) in [6, 6.07) is 17.8. The number of sulfone groups is 1. The average molecular weight is 972 g/mol. The number of allylic oxidation sites excluding steroid dienone is 1. The third-order valence-corrected chi connectivity index (χ3v) is 19.0. The van der Waals surface area contributed by atoms with Crippen molar-refractivity contribution in [1.29, 1.82) is 0 Å². The Morgan fingerprint density at radius 1 is 0.894 bits per heavy atom. The molecular weight excluding hydrogens is 908 g/mol. The summed E-state index contributed by atoms with van der Waals surface area (Å²) in [5.74, 6) is -0.653. The number of hydrogen-bond acceptors (Lipinski definition) is 11. The van der Waals surface area contributed by atoms with Gasteiger partial charge in [0.1, 0.15) is 4.90 Å². The molecule has 11 nitrogen and oxygen atoms in total. The molecule has 2 bridgehead atoms. The molecule has 0 radical (unpaired) electrons. The number of hydrogen-bond donors (Lipinski definition) is 3. The number of thioether (sulfide) groups is 1. The number of halogens is 3. The molecule has 66 heavy (non-hydrogen) atoms. The molecule has 17 heteroatoms. The molecule has 2 saturated heterocycles. The number of aliphatic hydroxyl groups is 1. The van der Waals surface area contributed by atoms with Gasteiger partial charge in [-0.1, -0.05) is 56.5 Å². The molecule has 5 fully saturated rings. The Bertz CT molecular complexity index is 2470. The maximum absolute atomic E-state index is 14.2. The molecule has 2 heterocycles. The van der Waals surface area contributed by atoms with E-state index in [0.717, 1.165) is 55.4 Å². The molecule has 2 aliphatic heterocycles. The largest absolute Gasteiger partial charge is 0.501 e. The van der Waals surface area contributed by atoms with Crippen molar-refractivity contribution in [1.82, 2.24) is 14.5 Å². The summed E-state index contributed by atoms with van der Waals surface area (Å²) in [5.41, 5.74) is -0.437. The van der Waals surface area contributed by atoms with Gasteiger partial charge in [-0.15, -0.1) is 11.8 Å². The van der Waals surface area contributed by atoms with Crippen LogP contribution in [0.4, 0.5) is 24.5 Å². The summed E-state index contributed by atoms with van der Waals surface area (Å²) >= 11 is 1.44. The fourth-order valence-corrected chi connectivity index (χ4v) is 14.0. The summed E-state index contributed by atoms with van der Waals surface area (Å²) in [6.45, 7) is 13.4. The van der Waals surface area contributed by atoms with E-state index in [1.165, 1.54) is 68.8 Å². The monoisotopic (exact) mass is 971 g/mol. The molecule has 6 aliphatic rings. The number of anilines is 2. The molecule has 360 valence electrons. The number of piperidine rings is 1. The fourth-order valence-electron chi connectivity index (χ4n) is 11.0. The van der Waals surface area contributed by atoms with Gasteiger partial charge in [-0.05, 0) is 129 Å². The summed E-state index contributed by atoms with van der Waals surface area (Å²) < 4.78 is 97.9. The Hall–Kier alpha value is -3.61. The normalized spacial score (nSPS) is 24.6. The number of rotatable bonds is 17. The lowest BCUT2D eigenvalue weighted by Crippen LogP contribution is -2.63. The van der Waals surface area contributed by atoms with Crippen LogP contribution in [0.3, 0.4) is 0 Å². The number of amides is 1. The number of nitrogens with one attached hydrogen (secondary N) is 2. The number of likely N-dealkylation sites (tertiary alicyclic amines) is 1. The van der Waals surface area contributed by atoms with E-state index in [-0.39, 0.29) is 11.7 Å². The third-order valence-electron chi connectivity index (χ3n) is 15.0. The number of piperazine rings is 1. The average Bonchev–Trinajstić information content (AvgIpc) is 3.25. The Morgan fingerprint density at radius 2 is 1.56 bits per heavy atom. The lowest BCUT2D eigenvalue weighted by Gasteiger charge is -2.73. The maximum atomic E-state index is 14.2. The van der Waals surface area contributed by atoms with Crippen molar-refractivity contribution in [2.45, 2.75) is 117 Å². The number of nitrogens with zero attached hydrogens (tertiary/aromatic N) is 3. The van der Waals surface area contributed by atoms with Crippen molar-refractivity contribution >= 4 is 48.9 Å². The summed E-state index contributed by atoms with van der Waals surface area (Å²) in [7, 11) is -10.9. The predicted molar refractivity (Wildman–Crippen MR) is 254 cm³/mol. The van der Waals surface area contributed by atoms with Crippen LogP contribution < -0.4 is 14.9 Å². The zero-order chi connectivity index (χ0) is 47.1. The first-order valence-electron chi connectivity index (χ1n) is 23.4. The first-order chi connectivity index (χ1) is 31.2. The smallest absolute Gasteiger partial charge is 0.393 e. The first kappa shape index (κ1) is 48.8. The van der Waals surface area contributed by atoms with Crippen LogP contribution in [0.1, 0.15) is 95.3 Å². The van der Waals surface area contributed by atoms with Gasteiger partial charge in [0, 0.05) is 80.3 Å². The molecule has 3 N–H and O–H groups in total. The second-order valence-electron chi connectivity index (χ2n) is 20.3. The molecule has 1 amide bonds. The van der Waals surface area contributed by atoms with Gasteiger partial charge in [-0.2, -0.15) is 13.2 Å². The van der Waals surface area contributed by atoms with Crippen LogP contribution >= 0.6 is 11.8 Å². The van der Waals surface area contributed by atoms with Crippen molar-refractivity contribution < 1.29 is 39.9 Å². The lowest BCUT2D eigenvalue weighted by molar-refractivity contribution is -0.182. The lowest BCUT2D eigenvalue weighted by atomic mass is 9.31. The van der Waals surface area contributed by atoms with E-state index in [9.17, 15) is 39.9 Å². The van der Waals surface area contributed by atoms with E-state index < -0.39 is 52.8 Å². The maximum Gasteiger partial charge on any atom is 0.501 e. The van der Waals surface area contributed by atoms with Gasteiger partial charge in [0.25, 0.3) is 25.8 Å². The van der Waals surface area contributed by atoms with Gasteiger partial charge >= 0.3 is 5.51 Å². The highest BCUT2D eigenvalue weighted by atomic mass is 32.2. The summed E-state index contributed by atoms with van der Waals surface area (Å²) in [5, 5.41) is 12.9. The van der Waals surface area contributed by atoms with Crippen LogP contribution in [0.15, 0.2) is 98.6 Å². The standard InChI is InChI=1S/C49H64F3N5O6S3/c1-4-47-32-48(33-47,34-47)42-29-46(2,3)20-16-36(42)30-56-24-26-57(27-25-56)38-12-10-35(11-13-38)45(59)54-66(62,63)41-14-15-43(44(28-41)65(60,61)49(50,51)52)53-37(31-64-40-8-6-5-7-9-40)17-21-55-22-18-39(58)19-23-55/h5-15,28,37,39,53,58H,4,16-27,29-34H2,1-3H3,(H,54,59)/t37-,47?,48?/m1/s1. The van der Waals surface area contributed by atoms with Gasteiger partial charge < -0.3 is 20.2 Å². The number of sulfonamides is 1. The number of benzene rings is 3. The second kappa shape index (κ2) is 19.1. The number of alkyl halides is 3. The van der Waals surface area contributed by atoms with Gasteiger partial charge in [0.15, 0.2) is 0 Å². The zero-order valence-electron chi connectivity index (χ0n) is 38.2. The highest BCUT2D eigenvalue weighted by Crippen LogP contribution is 2.79. The minimum Gasteiger partial charge on any atom is -0.393 e. The Balaban J connectivity index is 0.919. The van der Waals surface area contributed by atoms with E-state index in [1.54, 1.807) is 23.3 Å². The van der Waals surface area contributed by atoms with E-state index in [2.05, 4.69) is 40.8 Å². The van der Waals surface area contributed by atoms with Gasteiger partial charge in [-0.25, -0.2) is 21.6 Å². The number of carbonyl (C=O) groups excluding carboxylic acids is 1. The van der Waals surface area contributed by atoms with E-state index in [4.69, 9.17) is 0 Å². The van der Waals surface area contributed by atoms with Crippen molar-refractivity contribution in [3.8, 4) is 0 Å². The molecule has 0 aromatic heterocycles. The van der Waals surface area contributed by atoms with Crippen LogP contribution in [0, 0.1) is 16.2 Å². The molecule has 1 atom stereocenters. The molecular formula is C49H64F3N5O6S3. The van der Waals surface area contributed by atoms with Gasteiger partial charge in [-0.3, -0.25) is 9.69 Å². The first-order valence-corrected chi connectivity index (χ1v) is 27.3. The molecule has 0 spiro atoms. The van der Waals surface area contributed by atoms with Crippen LogP contribution in [-0.2, 0) is 19.9 Å². The Kier molecular flexibility index (Phi) is 14.1. The highest BCUT2D eigenvalue weighted by Gasteiger charge is 2.68. The fraction of sp³-hybridized carbons (Fsp3) is 0.571. The minimum atomic E-state index is -6.06. The van der Waals surface area contributed by atoms with Crippen LogP contribution in [-0.4, -0.2) is 113 Å². The molecule has 4 aliphatic carbocycles. The SMILES string of the molecule is CCC12CC(C3=C(CN4CCN(c5ccc(C(=O)NS(=O)(=O)c6ccc(N[C@H](CCN7CCC(O)CC7)CSc7ccccc7)c(S(=O)(=O)C(F)(F)F)c6)cc5)CC4)CCC(C)(C)C3)(C1)C2. The van der Waals surface area contributed by atoms with Crippen LogP contribution in [0.5, 0.6) is 0 Å². The van der Waals surface area contributed by atoms with Crippen molar-refractivity contribution in [3.63, 3.8) is 0 Å². The number of aliphatic hydroxyl groups excluding tert-OH is 1.